The summed E-state index contributed by atoms with van der Waals surface area (Å²) >= 11 is 0. The third-order valence-corrected chi connectivity index (χ3v) is 3.59. The number of carbonyl (C=O) groups excluding carboxylic acids is 1. The van der Waals surface area contributed by atoms with Crippen molar-refractivity contribution in [2.24, 2.45) is 0 Å². The minimum Gasteiger partial charge on any atom is -0.299 e. The van der Waals surface area contributed by atoms with Crippen LogP contribution in [-0.4, -0.2) is 10.8 Å². The van der Waals surface area contributed by atoms with Gasteiger partial charge < -0.3 is 0 Å². The maximum Gasteiger partial charge on any atom is 0.137 e. The van der Waals surface area contributed by atoms with Crippen molar-refractivity contribution in [1.82, 2.24) is 4.98 Å². The second-order valence-electron chi connectivity index (χ2n) is 4.87. The Morgan fingerprint density at radius 2 is 1.94 bits per heavy atom. The summed E-state index contributed by atoms with van der Waals surface area (Å²) in [6, 6.07) is 12.2. The molecule has 0 N–H and O–H groups in total. The highest BCUT2D eigenvalue weighted by Gasteiger charge is 2.27. The van der Waals surface area contributed by atoms with E-state index in [4.69, 9.17) is 0 Å². The van der Waals surface area contributed by atoms with Crippen LogP contribution in [0.1, 0.15) is 29.0 Å². The van der Waals surface area contributed by atoms with Gasteiger partial charge in [-0.25, -0.2) is 0 Å². The highest BCUT2D eigenvalue weighted by molar-refractivity contribution is 5.82. The molecule has 0 bridgehead atoms. The van der Waals surface area contributed by atoms with Gasteiger partial charge in [-0.15, -0.1) is 0 Å². The zero-order valence-corrected chi connectivity index (χ0v) is 10.2. The molecule has 0 radical (unpaired) electrons. The topological polar surface area (TPSA) is 30.0 Å². The monoisotopic (exact) mass is 237 g/mol. The highest BCUT2D eigenvalue weighted by atomic mass is 16.1. The summed E-state index contributed by atoms with van der Waals surface area (Å²) in [7, 11) is 0. The van der Waals surface area contributed by atoms with Crippen LogP contribution in [0, 0.1) is 0 Å². The van der Waals surface area contributed by atoms with E-state index in [-0.39, 0.29) is 0 Å². The molecule has 0 spiro atoms. The summed E-state index contributed by atoms with van der Waals surface area (Å²) < 4.78 is 0. The van der Waals surface area contributed by atoms with Crippen LogP contribution in [0.25, 0.3) is 0 Å². The summed E-state index contributed by atoms with van der Waals surface area (Å²) in [4.78, 5) is 16.0. The zero-order chi connectivity index (χ0) is 12.4. The molecule has 2 nitrogen and oxygen atoms in total. The average Bonchev–Trinajstić information content (AvgIpc) is 2.37. The maximum atomic E-state index is 12.0. The largest absolute Gasteiger partial charge is 0.299 e. The second-order valence-corrected chi connectivity index (χ2v) is 4.87. The fourth-order valence-corrected chi connectivity index (χ4v) is 2.62. The minimum absolute atomic E-state index is 0.320. The van der Waals surface area contributed by atoms with E-state index in [1.807, 2.05) is 12.1 Å². The minimum atomic E-state index is 0.320. The Bertz CT molecular complexity index is 562. The normalized spacial score (nSPS) is 16.8. The van der Waals surface area contributed by atoms with E-state index in [2.05, 4.69) is 29.2 Å². The first kappa shape index (κ1) is 11.1. The number of ketones is 1. The van der Waals surface area contributed by atoms with Crippen LogP contribution >= 0.6 is 0 Å². The van der Waals surface area contributed by atoms with E-state index in [1.54, 1.807) is 12.4 Å². The van der Waals surface area contributed by atoms with Crippen LogP contribution in [-0.2, 0) is 17.6 Å². The number of benzene rings is 1. The molecule has 90 valence electrons. The maximum absolute atomic E-state index is 12.0. The van der Waals surface area contributed by atoms with E-state index < -0.39 is 0 Å². The summed E-state index contributed by atoms with van der Waals surface area (Å²) in [6.45, 7) is 0. The summed E-state index contributed by atoms with van der Waals surface area (Å²) in [6.07, 6.45) is 5.72. The fourth-order valence-electron chi connectivity index (χ4n) is 2.62. The van der Waals surface area contributed by atoms with Crippen molar-refractivity contribution < 1.29 is 4.79 Å². The number of carbonyl (C=O) groups is 1. The van der Waals surface area contributed by atoms with E-state index in [9.17, 15) is 4.79 Å². The van der Waals surface area contributed by atoms with Crippen LogP contribution < -0.4 is 0 Å². The Morgan fingerprint density at radius 3 is 2.72 bits per heavy atom. The third-order valence-electron chi connectivity index (χ3n) is 3.59. The Hall–Kier alpha value is -1.96. The lowest BCUT2D eigenvalue weighted by Crippen LogP contribution is -2.20. The SMILES string of the molecule is O=C(Cc1ccncc1)CC1Cc2ccccc21. The van der Waals surface area contributed by atoms with Crippen molar-refractivity contribution in [2.75, 3.05) is 0 Å². The van der Waals surface area contributed by atoms with Gasteiger partial charge in [-0.05, 0) is 41.2 Å². The molecule has 0 fully saturated rings. The van der Waals surface area contributed by atoms with Crippen LogP contribution in [0.4, 0.5) is 0 Å². The molecule has 18 heavy (non-hydrogen) atoms. The van der Waals surface area contributed by atoms with E-state index in [0.29, 0.717) is 24.5 Å². The van der Waals surface area contributed by atoms with Gasteiger partial charge in [-0.1, -0.05) is 24.3 Å². The van der Waals surface area contributed by atoms with Crippen molar-refractivity contribution in [3.8, 4) is 0 Å². The van der Waals surface area contributed by atoms with Gasteiger partial charge in [0.05, 0.1) is 0 Å². The van der Waals surface area contributed by atoms with Crippen LogP contribution in [0.15, 0.2) is 48.8 Å². The molecular formula is C16H15NO. The van der Waals surface area contributed by atoms with Crippen molar-refractivity contribution in [1.29, 1.82) is 0 Å². The van der Waals surface area contributed by atoms with Crippen molar-refractivity contribution in [2.45, 2.75) is 25.2 Å². The number of fused-ring (bicyclic) bond motifs is 1. The van der Waals surface area contributed by atoms with Gasteiger partial charge in [-0.2, -0.15) is 0 Å². The molecule has 1 aromatic heterocycles. The Labute approximate surface area is 107 Å². The molecule has 1 atom stereocenters. The number of Topliss-reactive ketones (excluding diaryl/α,β-unsaturated/α-hetero) is 1. The molecule has 2 aromatic rings. The molecule has 1 aromatic carbocycles. The standard InChI is InChI=1S/C16H15NO/c18-15(9-12-5-7-17-8-6-12)11-14-10-13-3-1-2-4-16(13)14/h1-8,14H,9-11H2. The van der Waals surface area contributed by atoms with Crippen LogP contribution in [0.3, 0.4) is 0 Å². The summed E-state index contributed by atoms with van der Waals surface area (Å²) in [5.41, 5.74) is 3.82. The van der Waals surface area contributed by atoms with Crippen molar-refractivity contribution in [3.05, 3.63) is 65.5 Å². The van der Waals surface area contributed by atoms with Gasteiger partial charge in [-0.3, -0.25) is 9.78 Å². The Kier molecular flexibility index (Phi) is 2.93. The van der Waals surface area contributed by atoms with Gasteiger partial charge in [0.2, 0.25) is 0 Å². The number of aromatic nitrogens is 1. The van der Waals surface area contributed by atoms with E-state index in [1.165, 1.54) is 11.1 Å². The molecule has 2 heteroatoms. The lowest BCUT2D eigenvalue weighted by molar-refractivity contribution is -0.118. The molecular weight excluding hydrogens is 222 g/mol. The first-order valence-corrected chi connectivity index (χ1v) is 6.31. The molecule has 1 aliphatic rings. The number of nitrogens with zero attached hydrogens (tertiary/aromatic N) is 1. The summed E-state index contributed by atoms with van der Waals surface area (Å²) in [5, 5.41) is 0. The van der Waals surface area contributed by atoms with Gasteiger partial charge in [0.25, 0.3) is 0 Å². The lowest BCUT2D eigenvalue weighted by Gasteiger charge is -2.29. The molecule has 1 heterocycles. The molecule has 1 unspecified atom stereocenters. The number of pyridine rings is 1. The Balaban J connectivity index is 1.61. The number of hydrogen-bond acceptors (Lipinski definition) is 2. The molecule has 3 rings (SSSR count). The summed E-state index contributed by atoms with van der Waals surface area (Å²) in [5.74, 6) is 0.760. The average molecular weight is 237 g/mol. The second kappa shape index (κ2) is 4.73. The third kappa shape index (κ3) is 2.19. The molecule has 0 amide bonds. The van der Waals surface area contributed by atoms with E-state index >= 15 is 0 Å². The molecule has 0 saturated carbocycles. The molecule has 0 aliphatic heterocycles. The number of hydrogen-bond donors (Lipinski definition) is 0. The van der Waals surface area contributed by atoms with Gasteiger partial charge in [0.15, 0.2) is 0 Å². The molecule has 0 saturated heterocycles. The lowest BCUT2D eigenvalue weighted by atomic mass is 9.75. The highest BCUT2D eigenvalue weighted by Crippen LogP contribution is 2.37. The van der Waals surface area contributed by atoms with Gasteiger partial charge in [0, 0.05) is 25.2 Å². The zero-order valence-electron chi connectivity index (χ0n) is 10.2. The van der Waals surface area contributed by atoms with Crippen LogP contribution in [0.5, 0.6) is 0 Å². The predicted octanol–water partition coefficient (Wildman–Crippen LogP) is 2.92. The number of rotatable bonds is 4. The Morgan fingerprint density at radius 1 is 1.17 bits per heavy atom. The van der Waals surface area contributed by atoms with Crippen molar-refractivity contribution >= 4 is 5.78 Å². The van der Waals surface area contributed by atoms with Crippen LogP contribution in [0.2, 0.25) is 0 Å². The quantitative estimate of drug-likeness (QED) is 0.818. The predicted molar refractivity (Wildman–Crippen MR) is 70.5 cm³/mol. The fraction of sp³-hybridized carbons (Fsp3) is 0.250. The van der Waals surface area contributed by atoms with Gasteiger partial charge >= 0.3 is 0 Å². The molecule has 1 aliphatic carbocycles. The first-order chi connectivity index (χ1) is 8.83. The van der Waals surface area contributed by atoms with E-state index in [0.717, 1.165) is 12.0 Å². The smallest absolute Gasteiger partial charge is 0.137 e. The van der Waals surface area contributed by atoms with Gasteiger partial charge in [0.1, 0.15) is 5.78 Å². The first-order valence-electron chi connectivity index (χ1n) is 6.31. The van der Waals surface area contributed by atoms with Crippen molar-refractivity contribution in [3.63, 3.8) is 0 Å².